The van der Waals surface area contributed by atoms with Crippen LogP contribution in [0.5, 0.6) is 0 Å². The molecule has 0 saturated carbocycles. The SMILES string of the molecule is CCCc1ccc(NCCOC)cc1. The molecule has 1 aromatic rings. The summed E-state index contributed by atoms with van der Waals surface area (Å²) in [6.45, 7) is 3.81. The Labute approximate surface area is 86.3 Å². The maximum atomic E-state index is 4.96. The first-order valence-electron chi connectivity index (χ1n) is 5.18. The van der Waals surface area contributed by atoms with Gasteiger partial charge in [-0.05, 0) is 24.1 Å². The minimum atomic E-state index is 0.747. The quantitative estimate of drug-likeness (QED) is 0.701. The molecular formula is C12H19NO. The fraction of sp³-hybridized carbons (Fsp3) is 0.500. The van der Waals surface area contributed by atoms with Crippen molar-refractivity contribution < 1.29 is 4.74 Å². The summed E-state index contributed by atoms with van der Waals surface area (Å²) in [5.74, 6) is 0. The molecule has 0 radical (unpaired) electrons. The summed E-state index contributed by atoms with van der Waals surface area (Å²) in [4.78, 5) is 0. The molecule has 2 heteroatoms. The summed E-state index contributed by atoms with van der Waals surface area (Å²) in [5.41, 5.74) is 2.58. The van der Waals surface area contributed by atoms with Crippen LogP contribution in [-0.4, -0.2) is 20.3 Å². The molecule has 0 bridgehead atoms. The van der Waals surface area contributed by atoms with Crippen LogP contribution in [-0.2, 0) is 11.2 Å². The zero-order valence-corrected chi connectivity index (χ0v) is 9.05. The van der Waals surface area contributed by atoms with Gasteiger partial charge in [0.1, 0.15) is 0 Å². The molecule has 78 valence electrons. The van der Waals surface area contributed by atoms with Crippen LogP contribution in [0.15, 0.2) is 24.3 Å². The summed E-state index contributed by atoms with van der Waals surface area (Å²) < 4.78 is 4.96. The largest absolute Gasteiger partial charge is 0.383 e. The second-order valence-electron chi connectivity index (χ2n) is 3.37. The Hall–Kier alpha value is -1.02. The number of benzene rings is 1. The van der Waals surface area contributed by atoms with Gasteiger partial charge in [0.15, 0.2) is 0 Å². The third kappa shape index (κ3) is 3.79. The number of nitrogens with one attached hydrogen (secondary N) is 1. The zero-order chi connectivity index (χ0) is 10.2. The lowest BCUT2D eigenvalue weighted by Gasteiger charge is -2.06. The lowest BCUT2D eigenvalue weighted by molar-refractivity contribution is 0.211. The second kappa shape index (κ2) is 6.44. The van der Waals surface area contributed by atoms with Crippen molar-refractivity contribution in [2.75, 3.05) is 25.6 Å². The number of ether oxygens (including phenoxy) is 1. The smallest absolute Gasteiger partial charge is 0.0635 e. The third-order valence-corrected chi connectivity index (χ3v) is 2.13. The van der Waals surface area contributed by atoms with Gasteiger partial charge in [0.05, 0.1) is 6.61 Å². The Balaban J connectivity index is 2.38. The van der Waals surface area contributed by atoms with Gasteiger partial charge in [-0.25, -0.2) is 0 Å². The summed E-state index contributed by atoms with van der Waals surface area (Å²) in [6.07, 6.45) is 2.37. The van der Waals surface area contributed by atoms with E-state index in [4.69, 9.17) is 4.74 Å². The highest BCUT2D eigenvalue weighted by Crippen LogP contribution is 2.10. The van der Waals surface area contributed by atoms with Crippen molar-refractivity contribution in [2.45, 2.75) is 19.8 Å². The van der Waals surface area contributed by atoms with E-state index < -0.39 is 0 Å². The van der Waals surface area contributed by atoms with Crippen molar-refractivity contribution in [3.05, 3.63) is 29.8 Å². The van der Waals surface area contributed by atoms with Crippen LogP contribution in [0.4, 0.5) is 5.69 Å². The van der Waals surface area contributed by atoms with Gasteiger partial charge in [-0.2, -0.15) is 0 Å². The first kappa shape index (κ1) is 11.1. The van der Waals surface area contributed by atoms with E-state index in [1.165, 1.54) is 24.1 Å². The standard InChI is InChI=1S/C12H19NO/c1-3-4-11-5-7-12(8-6-11)13-9-10-14-2/h5-8,13H,3-4,9-10H2,1-2H3. The molecule has 0 unspecified atom stereocenters. The Morgan fingerprint density at radius 2 is 1.93 bits per heavy atom. The summed E-state index contributed by atoms with van der Waals surface area (Å²) in [6, 6.07) is 8.61. The van der Waals surface area contributed by atoms with Crippen molar-refractivity contribution in [1.82, 2.24) is 0 Å². The molecule has 0 aromatic heterocycles. The molecule has 1 N–H and O–H groups in total. The lowest BCUT2D eigenvalue weighted by Crippen LogP contribution is -2.07. The minimum Gasteiger partial charge on any atom is -0.383 e. The monoisotopic (exact) mass is 193 g/mol. The van der Waals surface area contributed by atoms with Crippen LogP contribution < -0.4 is 5.32 Å². The molecule has 0 saturated heterocycles. The summed E-state index contributed by atoms with van der Waals surface area (Å²) in [7, 11) is 1.71. The average molecular weight is 193 g/mol. The molecule has 0 aliphatic rings. The van der Waals surface area contributed by atoms with Crippen molar-refractivity contribution >= 4 is 5.69 Å². The molecule has 14 heavy (non-hydrogen) atoms. The zero-order valence-electron chi connectivity index (χ0n) is 9.05. The van der Waals surface area contributed by atoms with Gasteiger partial charge in [-0.1, -0.05) is 25.5 Å². The molecule has 2 nitrogen and oxygen atoms in total. The highest BCUT2D eigenvalue weighted by Gasteiger charge is 1.92. The fourth-order valence-corrected chi connectivity index (χ4v) is 1.38. The van der Waals surface area contributed by atoms with E-state index in [-0.39, 0.29) is 0 Å². The molecule has 1 aromatic carbocycles. The van der Waals surface area contributed by atoms with E-state index in [2.05, 4.69) is 36.5 Å². The predicted molar refractivity (Wildman–Crippen MR) is 60.8 cm³/mol. The number of hydrogen-bond donors (Lipinski definition) is 1. The van der Waals surface area contributed by atoms with E-state index >= 15 is 0 Å². The first-order valence-corrected chi connectivity index (χ1v) is 5.18. The van der Waals surface area contributed by atoms with E-state index in [0.717, 1.165) is 13.2 Å². The fourth-order valence-electron chi connectivity index (χ4n) is 1.38. The molecular weight excluding hydrogens is 174 g/mol. The molecule has 0 fully saturated rings. The summed E-state index contributed by atoms with van der Waals surface area (Å²) >= 11 is 0. The number of anilines is 1. The van der Waals surface area contributed by atoms with E-state index in [0.29, 0.717) is 0 Å². The van der Waals surface area contributed by atoms with Crippen LogP contribution in [0.2, 0.25) is 0 Å². The normalized spacial score (nSPS) is 10.1. The van der Waals surface area contributed by atoms with Crippen molar-refractivity contribution in [2.24, 2.45) is 0 Å². The highest BCUT2D eigenvalue weighted by atomic mass is 16.5. The third-order valence-electron chi connectivity index (χ3n) is 2.13. The maximum absolute atomic E-state index is 4.96. The Kier molecular flexibility index (Phi) is 5.08. The van der Waals surface area contributed by atoms with Crippen LogP contribution in [0.1, 0.15) is 18.9 Å². The molecule has 0 amide bonds. The molecule has 0 heterocycles. The van der Waals surface area contributed by atoms with E-state index in [1.807, 2.05) is 0 Å². The maximum Gasteiger partial charge on any atom is 0.0635 e. The number of methoxy groups -OCH3 is 1. The van der Waals surface area contributed by atoms with Crippen molar-refractivity contribution in [1.29, 1.82) is 0 Å². The first-order chi connectivity index (χ1) is 6.86. The van der Waals surface area contributed by atoms with Crippen LogP contribution in [0, 0.1) is 0 Å². The minimum absolute atomic E-state index is 0.747. The number of aryl methyl sites for hydroxylation is 1. The van der Waals surface area contributed by atoms with Gasteiger partial charge in [0.2, 0.25) is 0 Å². The molecule has 0 spiro atoms. The van der Waals surface area contributed by atoms with E-state index in [9.17, 15) is 0 Å². The number of rotatable bonds is 6. The van der Waals surface area contributed by atoms with Gasteiger partial charge in [0, 0.05) is 19.3 Å². The Morgan fingerprint density at radius 3 is 2.50 bits per heavy atom. The van der Waals surface area contributed by atoms with Gasteiger partial charge >= 0.3 is 0 Å². The topological polar surface area (TPSA) is 21.3 Å². The summed E-state index contributed by atoms with van der Waals surface area (Å²) in [5, 5.41) is 3.29. The van der Waals surface area contributed by atoms with Gasteiger partial charge < -0.3 is 10.1 Å². The van der Waals surface area contributed by atoms with E-state index in [1.54, 1.807) is 7.11 Å². The molecule has 1 rings (SSSR count). The van der Waals surface area contributed by atoms with Crippen LogP contribution >= 0.6 is 0 Å². The van der Waals surface area contributed by atoms with Crippen molar-refractivity contribution in [3.63, 3.8) is 0 Å². The Bertz CT molecular complexity index is 243. The van der Waals surface area contributed by atoms with Crippen LogP contribution in [0.25, 0.3) is 0 Å². The molecule has 0 aliphatic heterocycles. The Morgan fingerprint density at radius 1 is 1.21 bits per heavy atom. The molecule has 0 aliphatic carbocycles. The predicted octanol–water partition coefficient (Wildman–Crippen LogP) is 2.70. The second-order valence-corrected chi connectivity index (χ2v) is 3.37. The average Bonchev–Trinajstić information content (AvgIpc) is 2.21. The van der Waals surface area contributed by atoms with Crippen LogP contribution in [0.3, 0.4) is 0 Å². The van der Waals surface area contributed by atoms with Gasteiger partial charge in [-0.15, -0.1) is 0 Å². The highest BCUT2D eigenvalue weighted by molar-refractivity contribution is 5.44. The van der Waals surface area contributed by atoms with Gasteiger partial charge in [-0.3, -0.25) is 0 Å². The lowest BCUT2D eigenvalue weighted by atomic mass is 10.1. The van der Waals surface area contributed by atoms with Gasteiger partial charge in [0.25, 0.3) is 0 Å². The number of hydrogen-bond acceptors (Lipinski definition) is 2. The van der Waals surface area contributed by atoms with Crippen molar-refractivity contribution in [3.8, 4) is 0 Å². The molecule has 0 atom stereocenters.